The van der Waals surface area contributed by atoms with Crippen molar-refractivity contribution in [3.63, 3.8) is 0 Å². The summed E-state index contributed by atoms with van der Waals surface area (Å²) in [6.45, 7) is 6.79. The summed E-state index contributed by atoms with van der Waals surface area (Å²) in [7, 11) is 0. The van der Waals surface area contributed by atoms with Gasteiger partial charge in [0, 0.05) is 0 Å². The van der Waals surface area contributed by atoms with Gasteiger partial charge in [0.1, 0.15) is 25.3 Å². The van der Waals surface area contributed by atoms with Gasteiger partial charge in [-0.15, -0.1) is 0 Å². The SMILES string of the molecule is C[C@@H]1C[NH+](CCC(=O)Nc2c(Cl)cccc2Cl)C[C@H](C)O1. The fourth-order valence-electron chi connectivity index (χ4n) is 2.70. The Morgan fingerprint density at radius 2 is 1.86 bits per heavy atom. The number of quaternary nitrogens is 1. The van der Waals surface area contributed by atoms with Gasteiger partial charge in [0.05, 0.1) is 28.7 Å². The van der Waals surface area contributed by atoms with E-state index in [1.807, 2.05) is 0 Å². The minimum Gasteiger partial charge on any atom is -0.364 e. The van der Waals surface area contributed by atoms with Crippen LogP contribution in [0, 0.1) is 0 Å². The molecule has 0 spiro atoms. The van der Waals surface area contributed by atoms with Crippen molar-refractivity contribution in [3.05, 3.63) is 28.2 Å². The molecule has 1 aromatic rings. The molecule has 0 saturated carbocycles. The number of nitrogens with one attached hydrogen (secondary N) is 2. The molecule has 0 radical (unpaired) electrons. The zero-order valence-electron chi connectivity index (χ0n) is 12.3. The number of carbonyl (C=O) groups is 1. The molecule has 4 nitrogen and oxygen atoms in total. The van der Waals surface area contributed by atoms with E-state index in [-0.39, 0.29) is 18.1 Å². The number of anilines is 1. The zero-order chi connectivity index (χ0) is 15.4. The van der Waals surface area contributed by atoms with Crippen LogP contribution in [0.4, 0.5) is 5.69 Å². The number of carbonyl (C=O) groups excluding carboxylic acids is 1. The average molecular weight is 332 g/mol. The third-order valence-corrected chi connectivity index (χ3v) is 4.18. The lowest BCUT2D eigenvalue weighted by Gasteiger charge is -2.32. The summed E-state index contributed by atoms with van der Waals surface area (Å²) in [5.74, 6) is -0.0655. The fraction of sp³-hybridized carbons (Fsp3) is 0.533. The minimum absolute atomic E-state index is 0.0655. The average Bonchev–Trinajstić information content (AvgIpc) is 2.40. The lowest BCUT2D eigenvalue weighted by molar-refractivity contribution is -0.914. The normalized spacial score (nSPS) is 25.6. The van der Waals surface area contributed by atoms with Gasteiger partial charge in [-0.2, -0.15) is 0 Å². The molecule has 1 aliphatic heterocycles. The predicted molar refractivity (Wildman–Crippen MR) is 85.3 cm³/mol. The molecule has 2 rings (SSSR count). The summed E-state index contributed by atoms with van der Waals surface area (Å²) in [4.78, 5) is 13.4. The quantitative estimate of drug-likeness (QED) is 0.886. The standard InChI is InChI=1S/C15H20Cl2N2O2/c1-10-8-19(9-11(2)21-10)7-6-14(20)18-15-12(16)4-3-5-13(15)17/h3-5,10-11H,6-9H2,1-2H3,(H,18,20)/p+1/t10-,11+. The first-order chi connectivity index (χ1) is 9.95. The van der Waals surface area contributed by atoms with Crippen molar-refractivity contribution in [2.45, 2.75) is 32.5 Å². The van der Waals surface area contributed by atoms with Gasteiger partial charge < -0.3 is 15.0 Å². The number of rotatable bonds is 4. The van der Waals surface area contributed by atoms with Crippen LogP contribution in [0.3, 0.4) is 0 Å². The Balaban J connectivity index is 1.85. The van der Waals surface area contributed by atoms with Crippen LogP contribution in [0.15, 0.2) is 18.2 Å². The van der Waals surface area contributed by atoms with Gasteiger partial charge in [0.25, 0.3) is 0 Å². The predicted octanol–water partition coefficient (Wildman–Crippen LogP) is 2.01. The van der Waals surface area contributed by atoms with E-state index in [4.69, 9.17) is 27.9 Å². The fourth-order valence-corrected chi connectivity index (χ4v) is 3.19. The smallest absolute Gasteiger partial charge is 0.230 e. The molecule has 0 aromatic heterocycles. The van der Waals surface area contributed by atoms with Gasteiger partial charge in [0.15, 0.2) is 0 Å². The Kier molecular flexibility index (Phi) is 5.88. The van der Waals surface area contributed by atoms with Gasteiger partial charge in [-0.25, -0.2) is 0 Å². The molecule has 116 valence electrons. The van der Waals surface area contributed by atoms with Gasteiger partial charge in [-0.1, -0.05) is 29.3 Å². The van der Waals surface area contributed by atoms with Crippen LogP contribution < -0.4 is 10.2 Å². The van der Waals surface area contributed by atoms with Crippen LogP contribution in [0.2, 0.25) is 10.0 Å². The van der Waals surface area contributed by atoms with Crippen molar-refractivity contribution < 1.29 is 14.4 Å². The molecule has 0 bridgehead atoms. The van der Waals surface area contributed by atoms with Crippen LogP contribution in [-0.4, -0.2) is 37.7 Å². The number of morpholine rings is 1. The number of benzene rings is 1. The molecule has 3 atom stereocenters. The molecular weight excluding hydrogens is 311 g/mol. The molecule has 1 heterocycles. The van der Waals surface area contributed by atoms with Crippen LogP contribution >= 0.6 is 23.2 Å². The highest BCUT2D eigenvalue weighted by Gasteiger charge is 2.25. The Morgan fingerprint density at radius 1 is 1.29 bits per heavy atom. The molecule has 1 aliphatic rings. The lowest BCUT2D eigenvalue weighted by atomic mass is 10.2. The first-order valence-corrected chi connectivity index (χ1v) is 7.94. The number of amides is 1. The molecule has 1 aromatic carbocycles. The highest BCUT2D eigenvalue weighted by molar-refractivity contribution is 6.39. The summed E-state index contributed by atoms with van der Waals surface area (Å²) < 4.78 is 5.69. The molecule has 1 unspecified atom stereocenters. The van der Waals surface area contributed by atoms with Crippen molar-refractivity contribution in [3.8, 4) is 0 Å². The molecule has 21 heavy (non-hydrogen) atoms. The van der Waals surface area contributed by atoms with Gasteiger partial charge >= 0.3 is 0 Å². The maximum Gasteiger partial charge on any atom is 0.230 e. The van der Waals surface area contributed by atoms with Crippen LogP contribution in [0.1, 0.15) is 20.3 Å². The van der Waals surface area contributed by atoms with Gasteiger partial charge in [-0.05, 0) is 26.0 Å². The Hall–Kier alpha value is -0.810. The third kappa shape index (κ3) is 4.85. The third-order valence-electron chi connectivity index (χ3n) is 3.55. The summed E-state index contributed by atoms with van der Waals surface area (Å²) in [5.41, 5.74) is 0.490. The molecule has 1 saturated heterocycles. The van der Waals surface area contributed by atoms with Gasteiger partial charge in [0.2, 0.25) is 5.91 Å². The van der Waals surface area contributed by atoms with E-state index in [1.54, 1.807) is 18.2 Å². The molecular formula is C15H21Cl2N2O2+. The van der Waals surface area contributed by atoms with Crippen molar-refractivity contribution in [1.29, 1.82) is 0 Å². The largest absolute Gasteiger partial charge is 0.364 e. The summed E-state index contributed by atoms with van der Waals surface area (Å²) >= 11 is 12.1. The molecule has 1 amide bonds. The number of hydrogen-bond acceptors (Lipinski definition) is 2. The topological polar surface area (TPSA) is 42.8 Å². The van der Waals surface area contributed by atoms with E-state index in [2.05, 4.69) is 19.2 Å². The molecule has 2 N–H and O–H groups in total. The van der Waals surface area contributed by atoms with Gasteiger partial charge in [-0.3, -0.25) is 4.79 Å². The first-order valence-electron chi connectivity index (χ1n) is 7.18. The highest BCUT2D eigenvalue weighted by atomic mass is 35.5. The zero-order valence-corrected chi connectivity index (χ0v) is 13.8. The maximum absolute atomic E-state index is 12.0. The van der Waals surface area contributed by atoms with Crippen molar-refractivity contribution in [2.24, 2.45) is 0 Å². The highest BCUT2D eigenvalue weighted by Crippen LogP contribution is 2.29. The van der Waals surface area contributed by atoms with E-state index in [1.165, 1.54) is 4.90 Å². The second kappa shape index (κ2) is 7.45. The monoisotopic (exact) mass is 331 g/mol. The Labute approximate surface area is 135 Å². The molecule has 0 aliphatic carbocycles. The summed E-state index contributed by atoms with van der Waals surface area (Å²) in [6.07, 6.45) is 0.922. The van der Waals surface area contributed by atoms with Crippen LogP contribution in [-0.2, 0) is 9.53 Å². The van der Waals surface area contributed by atoms with Crippen LogP contribution in [0.25, 0.3) is 0 Å². The van der Waals surface area contributed by atoms with E-state index < -0.39 is 0 Å². The summed E-state index contributed by atoms with van der Waals surface area (Å²) in [6, 6.07) is 5.17. The number of hydrogen-bond donors (Lipinski definition) is 2. The Morgan fingerprint density at radius 3 is 2.43 bits per heavy atom. The van der Waals surface area contributed by atoms with E-state index >= 15 is 0 Å². The second-order valence-electron chi connectivity index (χ2n) is 5.56. The van der Waals surface area contributed by atoms with E-state index in [0.29, 0.717) is 22.2 Å². The molecule has 1 fully saturated rings. The molecule has 6 heteroatoms. The second-order valence-corrected chi connectivity index (χ2v) is 6.37. The van der Waals surface area contributed by atoms with Crippen molar-refractivity contribution in [1.82, 2.24) is 0 Å². The van der Waals surface area contributed by atoms with E-state index in [0.717, 1.165) is 19.6 Å². The number of ether oxygens (including phenoxy) is 1. The van der Waals surface area contributed by atoms with Crippen molar-refractivity contribution in [2.75, 3.05) is 25.0 Å². The number of halogens is 2. The minimum atomic E-state index is -0.0655. The van der Waals surface area contributed by atoms with Crippen LogP contribution in [0.5, 0.6) is 0 Å². The first kappa shape index (κ1) is 16.6. The Bertz CT molecular complexity index is 480. The lowest BCUT2D eigenvalue weighted by Crippen LogP contribution is -3.15. The summed E-state index contributed by atoms with van der Waals surface area (Å²) in [5, 5.41) is 3.70. The van der Waals surface area contributed by atoms with Crippen molar-refractivity contribution >= 4 is 34.8 Å². The maximum atomic E-state index is 12.0. The number of para-hydroxylation sites is 1. The van der Waals surface area contributed by atoms with E-state index in [9.17, 15) is 4.79 Å².